The van der Waals surface area contributed by atoms with Gasteiger partial charge < -0.3 is 5.73 Å². The lowest BCUT2D eigenvalue weighted by Crippen LogP contribution is -2.13. The lowest BCUT2D eigenvalue weighted by atomic mass is 10.3. The van der Waals surface area contributed by atoms with Crippen LogP contribution < -0.4 is 10.5 Å². The number of halogens is 2. The molecule has 0 saturated heterocycles. The molecule has 96 valence electrons. The van der Waals surface area contributed by atoms with Crippen molar-refractivity contribution in [3.05, 3.63) is 26.8 Å². The molecule has 0 aliphatic carbocycles. The highest BCUT2D eigenvalue weighted by Gasteiger charge is 2.20. The van der Waals surface area contributed by atoms with Crippen LogP contribution in [0.5, 0.6) is 0 Å². The van der Waals surface area contributed by atoms with Gasteiger partial charge in [-0.2, -0.15) is 8.42 Å². The van der Waals surface area contributed by atoms with E-state index in [1.807, 2.05) is 0 Å². The summed E-state index contributed by atoms with van der Waals surface area (Å²) in [5, 5.41) is 7.33. The number of nitrogens with two attached hydrogens (primary N) is 1. The zero-order valence-electron chi connectivity index (χ0n) is 8.59. The highest BCUT2D eigenvalue weighted by Crippen LogP contribution is 2.27. The first-order valence-corrected chi connectivity index (χ1v) is 8.21. The summed E-state index contributed by atoms with van der Waals surface area (Å²) in [5.41, 5.74) is 5.63. The predicted octanol–water partition coefficient (Wildman–Crippen LogP) is 2.18. The Morgan fingerprint density at radius 1 is 1.39 bits per heavy atom. The highest BCUT2D eigenvalue weighted by atomic mass is 127. The van der Waals surface area contributed by atoms with Crippen LogP contribution >= 0.6 is 45.5 Å². The minimum atomic E-state index is -3.80. The van der Waals surface area contributed by atoms with E-state index in [9.17, 15) is 8.42 Å². The fourth-order valence-electron chi connectivity index (χ4n) is 1.09. The van der Waals surface area contributed by atoms with Gasteiger partial charge in [-0.1, -0.05) is 22.9 Å². The fourth-order valence-corrected chi connectivity index (χ4v) is 3.91. The second-order valence-corrected chi connectivity index (χ2v) is 7.65. The zero-order chi connectivity index (χ0) is 13.3. The molecule has 0 saturated carbocycles. The maximum Gasteiger partial charge on any atom is 0.291 e. The summed E-state index contributed by atoms with van der Waals surface area (Å²) in [6.07, 6.45) is 0. The molecule has 0 bridgehead atoms. The normalized spacial score (nSPS) is 11.4. The van der Waals surface area contributed by atoms with Crippen LogP contribution in [0.15, 0.2) is 22.5 Å². The van der Waals surface area contributed by atoms with Gasteiger partial charge in [0.2, 0.25) is 5.13 Å². The average molecular weight is 417 g/mol. The number of sulfonamides is 1. The Hall–Kier alpha value is -0.650. The number of hydrogen-bond acceptors (Lipinski definition) is 6. The van der Waals surface area contributed by atoms with E-state index in [2.05, 4.69) is 37.5 Å². The van der Waals surface area contributed by atoms with Crippen molar-refractivity contribution in [2.75, 3.05) is 10.5 Å². The average Bonchev–Trinajstić information content (AvgIpc) is 2.70. The van der Waals surface area contributed by atoms with E-state index < -0.39 is 10.0 Å². The monoisotopic (exact) mass is 416 g/mol. The number of anilines is 2. The Balaban J connectivity index is 2.33. The Bertz CT molecular complexity index is 688. The number of aromatic nitrogens is 2. The summed E-state index contributed by atoms with van der Waals surface area (Å²) in [6.45, 7) is 0. The van der Waals surface area contributed by atoms with Gasteiger partial charge in [0, 0.05) is 3.57 Å². The zero-order valence-corrected chi connectivity index (χ0v) is 13.1. The summed E-state index contributed by atoms with van der Waals surface area (Å²) >= 11 is 8.80. The second-order valence-electron chi connectivity index (χ2n) is 3.14. The van der Waals surface area contributed by atoms with Crippen LogP contribution in [-0.4, -0.2) is 18.6 Å². The van der Waals surface area contributed by atoms with Crippen LogP contribution in [-0.2, 0) is 10.0 Å². The van der Waals surface area contributed by atoms with Crippen LogP contribution in [0.3, 0.4) is 0 Å². The van der Waals surface area contributed by atoms with Gasteiger partial charge in [0.05, 0.1) is 10.7 Å². The Morgan fingerprint density at radius 2 is 2.11 bits per heavy atom. The van der Waals surface area contributed by atoms with E-state index >= 15 is 0 Å². The molecule has 1 aromatic carbocycles. The van der Waals surface area contributed by atoms with E-state index in [-0.39, 0.29) is 15.2 Å². The minimum absolute atomic E-state index is 0.0871. The first-order valence-electron chi connectivity index (χ1n) is 4.45. The van der Waals surface area contributed by atoms with Crippen molar-refractivity contribution in [2.24, 2.45) is 0 Å². The van der Waals surface area contributed by atoms with Crippen molar-refractivity contribution in [3.63, 3.8) is 0 Å². The van der Waals surface area contributed by atoms with Gasteiger partial charge in [-0.25, -0.2) is 0 Å². The molecule has 2 aromatic rings. The minimum Gasteiger partial charge on any atom is -0.374 e. The molecule has 1 aromatic heterocycles. The third-order valence-corrected chi connectivity index (χ3v) is 5.30. The molecule has 18 heavy (non-hydrogen) atoms. The van der Waals surface area contributed by atoms with Crippen LogP contribution in [0.25, 0.3) is 0 Å². The van der Waals surface area contributed by atoms with Crippen molar-refractivity contribution < 1.29 is 8.42 Å². The lowest BCUT2D eigenvalue weighted by Gasteiger charge is -2.07. The van der Waals surface area contributed by atoms with Gasteiger partial charge in [0.25, 0.3) is 14.4 Å². The third kappa shape index (κ3) is 3.02. The summed E-state index contributed by atoms with van der Waals surface area (Å²) < 4.78 is 26.9. The molecule has 0 aliphatic rings. The number of rotatable bonds is 3. The van der Waals surface area contributed by atoms with Gasteiger partial charge in [-0.15, -0.1) is 10.2 Å². The van der Waals surface area contributed by atoms with Gasteiger partial charge in [0.15, 0.2) is 0 Å². The Labute approximate surface area is 126 Å². The molecule has 0 atom stereocenters. The van der Waals surface area contributed by atoms with E-state index in [4.69, 9.17) is 17.3 Å². The van der Waals surface area contributed by atoms with Gasteiger partial charge in [0.1, 0.15) is 0 Å². The lowest BCUT2D eigenvalue weighted by molar-refractivity contribution is 0.599. The number of hydrogen-bond donors (Lipinski definition) is 2. The van der Waals surface area contributed by atoms with Gasteiger partial charge in [-0.3, -0.25) is 4.72 Å². The molecule has 0 amide bonds. The molecule has 0 fully saturated rings. The summed E-state index contributed by atoms with van der Waals surface area (Å²) in [4.78, 5) is 0. The van der Waals surface area contributed by atoms with Crippen LogP contribution in [0, 0.1) is 3.57 Å². The number of benzene rings is 1. The maximum absolute atomic E-state index is 11.9. The van der Waals surface area contributed by atoms with E-state index in [0.717, 1.165) is 14.9 Å². The molecule has 3 N–H and O–H groups in total. The SMILES string of the molecule is Nc1nnc(S(=O)(=O)Nc2ccc(I)cc2Cl)s1. The number of nitrogen functional groups attached to an aromatic ring is 1. The topological polar surface area (TPSA) is 98.0 Å². The van der Waals surface area contributed by atoms with Crippen LogP contribution in [0.4, 0.5) is 10.8 Å². The molecular formula is C8H6ClIN4O2S2. The van der Waals surface area contributed by atoms with Gasteiger partial charge >= 0.3 is 0 Å². The fraction of sp³-hybridized carbons (Fsp3) is 0. The molecule has 6 nitrogen and oxygen atoms in total. The molecule has 2 rings (SSSR count). The number of nitrogens with one attached hydrogen (secondary N) is 1. The molecule has 0 unspecified atom stereocenters. The Morgan fingerprint density at radius 3 is 2.67 bits per heavy atom. The van der Waals surface area contributed by atoms with E-state index in [1.54, 1.807) is 18.2 Å². The van der Waals surface area contributed by atoms with E-state index in [0.29, 0.717) is 5.02 Å². The van der Waals surface area contributed by atoms with Crippen molar-refractivity contribution in [3.8, 4) is 0 Å². The van der Waals surface area contributed by atoms with Crippen molar-refractivity contribution in [2.45, 2.75) is 4.34 Å². The molecule has 1 heterocycles. The van der Waals surface area contributed by atoms with Crippen LogP contribution in [0.2, 0.25) is 5.02 Å². The molecule has 0 radical (unpaired) electrons. The molecule has 0 aliphatic heterocycles. The standard InChI is InChI=1S/C8H6ClIN4O2S2/c9-5-3-4(10)1-2-6(5)14-18(15,16)8-13-12-7(11)17-8/h1-3,14H,(H2,11,12). The van der Waals surface area contributed by atoms with Crippen LogP contribution in [0.1, 0.15) is 0 Å². The molecular weight excluding hydrogens is 411 g/mol. The summed E-state index contributed by atoms with van der Waals surface area (Å²) in [7, 11) is -3.80. The predicted molar refractivity (Wildman–Crippen MR) is 79.3 cm³/mol. The van der Waals surface area contributed by atoms with Gasteiger partial charge in [-0.05, 0) is 40.8 Å². The maximum atomic E-state index is 11.9. The number of nitrogens with zero attached hydrogens (tertiary/aromatic N) is 2. The molecule has 10 heteroatoms. The smallest absolute Gasteiger partial charge is 0.291 e. The van der Waals surface area contributed by atoms with Crippen molar-refractivity contribution in [1.82, 2.24) is 10.2 Å². The summed E-state index contributed by atoms with van der Waals surface area (Å²) in [5.74, 6) is 0. The largest absolute Gasteiger partial charge is 0.374 e. The first kappa shape index (κ1) is 13.8. The second kappa shape index (κ2) is 5.15. The molecule has 0 spiro atoms. The van der Waals surface area contributed by atoms with Crippen molar-refractivity contribution >= 4 is 66.4 Å². The highest BCUT2D eigenvalue weighted by molar-refractivity contribution is 14.1. The quantitative estimate of drug-likeness (QED) is 0.747. The summed E-state index contributed by atoms with van der Waals surface area (Å²) in [6, 6.07) is 4.96. The third-order valence-electron chi connectivity index (χ3n) is 1.83. The van der Waals surface area contributed by atoms with Crippen molar-refractivity contribution in [1.29, 1.82) is 0 Å². The Kier molecular flexibility index (Phi) is 3.94. The van der Waals surface area contributed by atoms with E-state index in [1.165, 1.54) is 0 Å². The first-order chi connectivity index (χ1) is 8.38.